The fourth-order valence-corrected chi connectivity index (χ4v) is 2.27. The van der Waals surface area contributed by atoms with Gasteiger partial charge in [-0.05, 0) is 6.07 Å². The second-order valence-electron chi connectivity index (χ2n) is 3.85. The molecule has 7 nitrogen and oxygen atoms in total. The lowest BCUT2D eigenvalue weighted by molar-refractivity contribution is -0.118. The number of carbonyl (C=O) groups excluding carboxylic acids is 1. The van der Waals surface area contributed by atoms with Crippen LogP contribution < -0.4 is 11.1 Å². The molecule has 19 heavy (non-hydrogen) atoms. The van der Waals surface area contributed by atoms with Gasteiger partial charge < -0.3 is 16.2 Å². The average molecular weight is 280 g/mol. The molecule has 0 aliphatic carbocycles. The van der Waals surface area contributed by atoms with E-state index < -0.39 is 11.9 Å². The molecule has 2 heterocycles. The molecule has 0 saturated heterocycles. The van der Waals surface area contributed by atoms with Crippen molar-refractivity contribution in [3.05, 3.63) is 34.3 Å². The van der Waals surface area contributed by atoms with Crippen LogP contribution in [0.3, 0.4) is 0 Å². The molecule has 0 atom stereocenters. The number of nitrogens with one attached hydrogen (secondary N) is 1. The second-order valence-corrected chi connectivity index (χ2v) is 4.85. The normalized spacial score (nSPS) is 10.3. The molecule has 0 saturated carbocycles. The summed E-state index contributed by atoms with van der Waals surface area (Å²) >= 11 is 1.37. The van der Waals surface area contributed by atoms with Crippen molar-refractivity contribution in [3.8, 4) is 0 Å². The van der Waals surface area contributed by atoms with Crippen molar-refractivity contribution >= 4 is 28.9 Å². The Hall–Kier alpha value is -2.35. The number of anilines is 1. The van der Waals surface area contributed by atoms with E-state index in [1.54, 1.807) is 23.8 Å². The van der Waals surface area contributed by atoms with E-state index in [9.17, 15) is 9.59 Å². The van der Waals surface area contributed by atoms with E-state index in [0.717, 1.165) is 10.6 Å². The third-order valence-electron chi connectivity index (χ3n) is 2.32. The van der Waals surface area contributed by atoms with Crippen molar-refractivity contribution in [2.24, 2.45) is 5.73 Å². The molecule has 2 aromatic heterocycles. The monoisotopic (exact) mass is 280 g/mol. The van der Waals surface area contributed by atoms with Crippen LogP contribution in [-0.2, 0) is 17.9 Å². The highest BCUT2D eigenvalue weighted by Gasteiger charge is 2.07. The van der Waals surface area contributed by atoms with Crippen LogP contribution in [0.25, 0.3) is 0 Å². The number of carboxylic acid groups (broad SMARTS) is 1. The molecule has 100 valence electrons. The van der Waals surface area contributed by atoms with Crippen molar-refractivity contribution in [1.29, 1.82) is 0 Å². The molecule has 0 aliphatic heterocycles. The van der Waals surface area contributed by atoms with Gasteiger partial charge >= 0.3 is 5.97 Å². The zero-order valence-electron chi connectivity index (χ0n) is 9.87. The van der Waals surface area contributed by atoms with Gasteiger partial charge in [0, 0.05) is 23.0 Å². The van der Waals surface area contributed by atoms with Gasteiger partial charge in [-0.2, -0.15) is 5.10 Å². The molecule has 2 rings (SSSR count). The first kappa shape index (κ1) is 13.1. The van der Waals surface area contributed by atoms with E-state index in [1.165, 1.54) is 16.0 Å². The third kappa shape index (κ3) is 3.55. The minimum Gasteiger partial charge on any atom is -0.478 e. The Morgan fingerprint density at radius 1 is 1.53 bits per heavy atom. The molecule has 1 amide bonds. The predicted octanol–water partition coefficient (Wildman–Crippen LogP) is 0.740. The van der Waals surface area contributed by atoms with Gasteiger partial charge in [-0.15, -0.1) is 11.3 Å². The molecule has 0 aromatic carbocycles. The Balaban J connectivity index is 1.92. The van der Waals surface area contributed by atoms with Crippen molar-refractivity contribution in [2.45, 2.75) is 13.1 Å². The summed E-state index contributed by atoms with van der Waals surface area (Å²) in [5.74, 6) is -1.39. The minimum absolute atomic E-state index is 0.0316. The van der Waals surface area contributed by atoms with Gasteiger partial charge in [-0.3, -0.25) is 9.48 Å². The fourth-order valence-electron chi connectivity index (χ4n) is 1.48. The van der Waals surface area contributed by atoms with Crippen molar-refractivity contribution < 1.29 is 14.7 Å². The smallest absolute Gasteiger partial charge is 0.336 e. The second kappa shape index (κ2) is 5.53. The molecule has 0 spiro atoms. The van der Waals surface area contributed by atoms with Gasteiger partial charge in [-0.1, -0.05) is 0 Å². The summed E-state index contributed by atoms with van der Waals surface area (Å²) in [7, 11) is 0. The SMILES string of the molecule is NC(=O)Cn1cc(NCc2cc(C(=O)O)cs2)cn1. The number of nitrogens with two attached hydrogens (primary N) is 1. The van der Waals surface area contributed by atoms with Gasteiger partial charge in [0.05, 0.1) is 17.4 Å². The number of hydrogen-bond acceptors (Lipinski definition) is 5. The summed E-state index contributed by atoms with van der Waals surface area (Å²) in [6.07, 6.45) is 3.24. The van der Waals surface area contributed by atoms with E-state index in [1.807, 2.05) is 0 Å². The van der Waals surface area contributed by atoms with Gasteiger partial charge in [-0.25, -0.2) is 4.79 Å². The molecule has 0 bridgehead atoms. The topological polar surface area (TPSA) is 110 Å². The van der Waals surface area contributed by atoms with E-state index in [-0.39, 0.29) is 12.1 Å². The maximum Gasteiger partial charge on any atom is 0.336 e. The molecule has 0 aliphatic rings. The van der Waals surface area contributed by atoms with Gasteiger partial charge in [0.1, 0.15) is 6.54 Å². The Kier molecular flexibility index (Phi) is 3.81. The quantitative estimate of drug-likeness (QED) is 0.723. The Labute approximate surface area is 112 Å². The van der Waals surface area contributed by atoms with Crippen molar-refractivity contribution in [2.75, 3.05) is 5.32 Å². The Morgan fingerprint density at radius 3 is 2.95 bits per heavy atom. The van der Waals surface area contributed by atoms with Crippen LogP contribution in [0.1, 0.15) is 15.2 Å². The van der Waals surface area contributed by atoms with E-state index >= 15 is 0 Å². The fraction of sp³-hybridized carbons (Fsp3) is 0.182. The summed E-state index contributed by atoms with van der Waals surface area (Å²) in [4.78, 5) is 22.3. The highest BCUT2D eigenvalue weighted by molar-refractivity contribution is 7.10. The lowest BCUT2D eigenvalue weighted by atomic mass is 10.3. The lowest BCUT2D eigenvalue weighted by Gasteiger charge is -2.00. The summed E-state index contributed by atoms with van der Waals surface area (Å²) in [5, 5.41) is 17.4. The maximum atomic E-state index is 10.7. The van der Waals surface area contributed by atoms with Crippen LogP contribution in [0, 0.1) is 0 Å². The van der Waals surface area contributed by atoms with Crippen LogP contribution in [0.2, 0.25) is 0 Å². The molecule has 0 fully saturated rings. The Morgan fingerprint density at radius 2 is 2.32 bits per heavy atom. The molecule has 8 heteroatoms. The summed E-state index contributed by atoms with van der Waals surface area (Å²) in [5.41, 5.74) is 6.08. The molecule has 0 radical (unpaired) electrons. The number of aromatic nitrogens is 2. The van der Waals surface area contributed by atoms with Crippen LogP contribution in [-0.4, -0.2) is 26.8 Å². The molecule has 4 N–H and O–H groups in total. The molecule has 2 aromatic rings. The number of hydrogen-bond donors (Lipinski definition) is 3. The van der Waals surface area contributed by atoms with Crippen molar-refractivity contribution in [3.63, 3.8) is 0 Å². The standard InChI is InChI=1S/C11H12N4O3S/c12-10(16)5-15-4-8(2-14-15)13-3-9-1-7(6-19-9)11(17)18/h1-2,4,6,13H,3,5H2,(H2,12,16)(H,17,18). The van der Waals surface area contributed by atoms with Crippen LogP contribution in [0.15, 0.2) is 23.8 Å². The summed E-state index contributed by atoms with van der Waals surface area (Å²) < 4.78 is 1.43. The lowest BCUT2D eigenvalue weighted by Crippen LogP contribution is -2.18. The largest absolute Gasteiger partial charge is 0.478 e. The number of carbonyl (C=O) groups is 2. The van der Waals surface area contributed by atoms with E-state index in [2.05, 4.69) is 10.4 Å². The van der Waals surface area contributed by atoms with Gasteiger partial charge in [0.2, 0.25) is 5.91 Å². The molecular weight excluding hydrogens is 268 g/mol. The highest BCUT2D eigenvalue weighted by Crippen LogP contribution is 2.16. The number of carboxylic acids is 1. The zero-order chi connectivity index (χ0) is 13.8. The number of amides is 1. The number of nitrogens with zero attached hydrogens (tertiary/aromatic N) is 2. The molecule has 0 unspecified atom stereocenters. The number of rotatable bonds is 6. The van der Waals surface area contributed by atoms with Crippen LogP contribution in [0.5, 0.6) is 0 Å². The van der Waals surface area contributed by atoms with E-state index in [4.69, 9.17) is 10.8 Å². The number of aromatic carboxylic acids is 1. The summed E-state index contributed by atoms with van der Waals surface area (Å²) in [6, 6.07) is 1.62. The predicted molar refractivity (Wildman–Crippen MR) is 70.0 cm³/mol. The van der Waals surface area contributed by atoms with Gasteiger partial charge in [0.15, 0.2) is 0 Å². The van der Waals surface area contributed by atoms with Crippen LogP contribution >= 0.6 is 11.3 Å². The first-order valence-electron chi connectivity index (χ1n) is 5.40. The highest BCUT2D eigenvalue weighted by atomic mass is 32.1. The first-order chi connectivity index (χ1) is 9.04. The van der Waals surface area contributed by atoms with Crippen LogP contribution in [0.4, 0.5) is 5.69 Å². The van der Waals surface area contributed by atoms with E-state index in [0.29, 0.717) is 6.54 Å². The zero-order valence-corrected chi connectivity index (χ0v) is 10.7. The first-order valence-corrected chi connectivity index (χ1v) is 6.28. The van der Waals surface area contributed by atoms with Crippen molar-refractivity contribution in [1.82, 2.24) is 9.78 Å². The Bertz CT molecular complexity index is 605. The number of primary amides is 1. The third-order valence-corrected chi connectivity index (χ3v) is 3.26. The minimum atomic E-state index is -0.934. The molecular formula is C11H12N4O3S. The average Bonchev–Trinajstić information content (AvgIpc) is 2.94. The summed E-state index contributed by atoms with van der Waals surface area (Å²) in [6.45, 7) is 0.532. The van der Waals surface area contributed by atoms with Gasteiger partial charge in [0.25, 0.3) is 0 Å². The maximum absolute atomic E-state index is 10.7. The number of thiophene rings is 1.